The van der Waals surface area contributed by atoms with E-state index in [0.717, 1.165) is 10.6 Å². The van der Waals surface area contributed by atoms with Gasteiger partial charge in [0.2, 0.25) is 5.91 Å². The van der Waals surface area contributed by atoms with Crippen molar-refractivity contribution in [1.82, 2.24) is 9.88 Å². The molecular formula is C21H17N3O3S. The third-order valence-electron chi connectivity index (χ3n) is 4.49. The van der Waals surface area contributed by atoms with Gasteiger partial charge in [-0.3, -0.25) is 24.2 Å². The maximum atomic E-state index is 13.0. The van der Waals surface area contributed by atoms with Crippen LogP contribution in [0.15, 0.2) is 60.0 Å². The van der Waals surface area contributed by atoms with Crippen LogP contribution in [0.1, 0.15) is 32.8 Å². The van der Waals surface area contributed by atoms with Crippen LogP contribution in [0.5, 0.6) is 0 Å². The van der Waals surface area contributed by atoms with E-state index < -0.39 is 0 Å². The summed E-state index contributed by atoms with van der Waals surface area (Å²) in [5.74, 6) is -0.938. The van der Waals surface area contributed by atoms with Crippen molar-refractivity contribution in [2.45, 2.75) is 13.3 Å². The first-order valence-corrected chi connectivity index (χ1v) is 9.69. The zero-order valence-electron chi connectivity index (χ0n) is 15.2. The highest BCUT2D eigenvalue weighted by Gasteiger charge is 2.35. The number of fused-ring (bicyclic) bond motifs is 1. The molecule has 0 aliphatic carbocycles. The van der Waals surface area contributed by atoms with E-state index in [9.17, 15) is 14.4 Å². The summed E-state index contributed by atoms with van der Waals surface area (Å²) in [6.07, 6.45) is 0.0129. The van der Waals surface area contributed by atoms with E-state index in [0.29, 0.717) is 21.9 Å². The molecule has 140 valence electrons. The van der Waals surface area contributed by atoms with Crippen molar-refractivity contribution >= 4 is 39.9 Å². The average molecular weight is 391 g/mol. The highest BCUT2D eigenvalue weighted by atomic mass is 32.1. The topological polar surface area (TPSA) is 70.6 Å². The number of imide groups is 1. The van der Waals surface area contributed by atoms with E-state index >= 15 is 0 Å². The molecule has 4 rings (SSSR count). The number of thiazole rings is 1. The lowest BCUT2D eigenvalue weighted by Gasteiger charge is -2.21. The van der Waals surface area contributed by atoms with Crippen molar-refractivity contribution in [3.05, 3.63) is 76.8 Å². The lowest BCUT2D eigenvalue weighted by atomic mass is 10.1. The first-order valence-electron chi connectivity index (χ1n) is 8.81. The minimum Gasteiger partial charge on any atom is -0.274 e. The van der Waals surface area contributed by atoms with Crippen LogP contribution >= 0.6 is 11.3 Å². The summed E-state index contributed by atoms with van der Waals surface area (Å²) >= 11 is 1.38. The molecular weight excluding hydrogens is 374 g/mol. The number of rotatable bonds is 5. The molecule has 6 nitrogen and oxygen atoms in total. The third-order valence-corrected chi connectivity index (χ3v) is 5.43. The van der Waals surface area contributed by atoms with Crippen LogP contribution in [-0.2, 0) is 4.79 Å². The van der Waals surface area contributed by atoms with Gasteiger partial charge < -0.3 is 0 Å². The molecule has 28 heavy (non-hydrogen) atoms. The molecule has 7 heteroatoms. The van der Waals surface area contributed by atoms with Gasteiger partial charge in [0.15, 0.2) is 5.13 Å². The number of carbonyl (C=O) groups excluding carboxylic acids is 3. The number of carbonyl (C=O) groups is 3. The number of nitrogens with zero attached hydrogens (tertiary/aromatic N) is 3. The zero-order valence-corrected chi connectivity index (χ0v) is 16.0. The highest BCUT2D eigenvalue weighted by Crippen LogP contribution is 2.30. The second-order valence-corrected chi connectivity index (χ2v) is 7.23. The van der Waals surface area contributed by atoms with Crippen molar-refractivity contribution in [2.24, 2.45) is 0 Å². The fourth-order valence-electron chi connectivity index (χ4n) is 3.14. The number of amides is 3. The quantitative estimate of drug-likeness (QED) is 0.620. The van der Waals surface area contributed by atoms with Crippen LogP contribution in [0.25, 0.3) is 0 Å². The summed E-state index contributed by atoms with van der Waals surface area (Å²) in [6, 6.07) is 15.9. The van der Waals surface area contributed by atoms with E-state index in [2.05, 4.69) is 4.98 Å². The molecule has 0 atom stereocenters. The molecule has 0 unspecified atom stereocenters. The number of anilines is 2. The molecule has 0 saturated carbocycles. The summed E-state index contributed by atoms with van der Waals surface area (Å²) in [4.78, 5) is 45.1. The standard InChI is InChI=1S/C21H17N3O3S/c1-14-13-28-21(22-14)24(15-7-3-2-4-8-15)18(25)11-12-23-19(26)16-9-5-6-10-17(16)20(23)27/h2-10,13H,11-12H2,1H3. The predicted molar refractivity (Wildman–Crippen MR) is 107 cm³/mol. The predicted octanol–water partition coefficient (Wildman–Crippen LogP) is 3.80. The molecule has 2 aromatic carbocycles. The van der Waals surface area contributed by atoms with Crippen LogP contribution in [-0.4, -0.2) is 34.2 Å². The van der Waals surface area contributed by atoms with Gasteiger partial charge in [0.25, 0.3) is 11.8 Å². The Morgan fingerprint density at radius 3 is 2.18 bits per heavy atom. The highest BCUT2D eigenvalue weighted by molar-refractivity contribution is 7.14. The van der Waals surface area contributed by atoms with Crippen molar-refractivity contribution in [1.29, 1.82) is 0 Å². The SMILES string of the molecule is Cc1csc(N(C(=O)CCN2C(=O)c3ccccc3C2=O)c2ccccc2)n1. The lowest BCUT2D eigenvalue weighted by molar-refractivity contribution is -0.118. The largest absolute Gasteiger partial charge is 0.274 e. The fourth-order valence-corrected chi connectivity index (χ4v) is 3.98. The van der Waals surface area contributed by atoms with Crippen molar-refractivity contribution in [3.63, 3.8) is 0 Å². The third kappa shape index (κ3) is 3.20. The average Bonchev–Trinajstić information content (AvgIpc) is 3.23. The summed E-state index contributed by atoms with van der Waals surface area (Å²) in [5.41, 5.74) is 2.30. The van der Waals surface area contributed by atoms with Crippen molar-refractivity contribution < 1.29 is 14.4 Å². The van der Waals surface area contributed by atoms with Gasteiger partial charge in [0.1, 0.15) is 0 Å². The minimum atomic E-state index is -0.357. The molecule has 0 spiro atoms. The van der Waals surface area contributed by atoms with E-state index in [1.54, 1.807) is 24.3 Å². The van der Waals surface area contributed by atoms with Gasteiger partial charge >= 0.3 is 0 Å². The Hall–Kier alpha value is -3.32. The van der Waals surface area contributed by atoms with Crippen LogP contribution < -0.4 is 4.90 Å². The van der Waals surface area contributed by atoms with Crippen LogP contribution in [0.2, 0.25) is 0 Å². The van der Waals surface area contributed by atoms with Crippen LogP contribution in [0.3, 0.4) is 0 Å². The Morgan fingerprint density at radius 1 is 1.00 bits per heavy atom. The van der Waals surface area contributed by atoms with Gasteiger partial charge in [-0.05, 0) is 31.2 Å². The summed E-state index contributed by atoms with van der Waals surface area (Å²) in [6.45, 7) is 1.89. The lowest BCUT2D eigenvalue weighted by Crippen LogP contribution is -2.35. The normalized spacial score (nSPS) is 13.0. The van der Waals surface area contributed by atoms with E-state index in [1.807, 2.05) is 42.6 Å². The molecule has 2 heterocycles. The minimum absolute atomic E-state index is 0.0129. The summed E-state index contributed by atoms with van der Waals surface area (Å²) in [5, 5.41) is 2.44. The molecule has 0 radical (unpaired) electrons. The Kier molecular flexibility index (Phi) is 4.75. The first kappa shape index (κ1) is 18.1. The van der Waals surface area contributed by atoms with Gasteiger partial charge in [-0.1, -0.05) is 30.3 Å². The number of hydrogen-bond donors (Lipinski definition) is 0. The molecule has 0 N–H and O–H groups in total. The van der Waals surface area contributed by atoms with Crippen molar-refractivity contribution in [3.8, 4) is 0 Å². The molecule has 3 amide bonds. The van der Waals surface area contributed by atoms with Gasteiger partial charge in [-0.25, -0.2) is 4.98 Å². The fraction of sp³-hybridized carbons (Fsp3) is 0.143. The van der Waals surface area contributed by atoms with Gasteiger partial charge in [-0.15, -0.1) is 11.3 Å². The maximum absolute atomic E-state index is 13.0. The van der Waals surface area contributed by atoms with Crippen molar-refractivity contribution in [2.75, 3.05) is 11.4 Å². The number of hydrogen-bond acceptors (Lipinski definition) is 5. The second-order valence-electron chi connectivity index (χ2n) is 6.39. The molecule has 1 aliphatic rings. The maximum Gasteiger partial charge on any atom is 0.261 e. The molecule has 0 fully saturated rings. The Balaban J connectivity index is 1.55. The number of aryl methyl sites for hydroxylation is 1. The van der Waals surface area contributed by atoms with Crippen LogP contribution in [0, 0.1) is 6.92 Å². The molecule has 0 bridgehead atoms. The molecule has 1 aromatic heterocycles. The monoisotopic (exact) mass is 391 g/mol. The van der Waals surface area contributed by atoms with E-state index in [1.165, 1.54) is 16.2 Å². The van der Waals surface area contributed by atoms with Gasteiger partial charge in [0, 0.05) is 18.3 Å². The summed E-state index contributed by atoms with van der Waals surface area (Å²) in [7, 11) is 0. The Bertz CT molecular complexity index is 1030. The zero-order chi connectivity index (χ0) is 19.7. The number of aromatic nitrogens is 1. The number of benzene rings is 2. The smallest absolute Gasteiger partial charge is 0.261 e. The van der Waals surface area contributed by atoms with Crippen LogP contribution in [0.4, 0.5) is 10.8 Å². The molecule has 1 aliphatic heterocycles. The van der Waals surface area contributed by atoms with Gasteiger partial charge in [-0.2, -0.15) is 0 Å². The number of para-hydroxylation sites is 1. The summed E-state index contributed by atoms with van der Waals surface area (Å²) < 4.78 is 0. The Labute approximate surface area is 166 Å². The van der Waals surface area contributed by atoms with E-state index in [-0.39, 0.29) is 30.7 Å². The molecule has 3 aromatic rings. The second kappa shape index (κ2) is 7.36. The van der Waals surface area contributed by atoms with E-state index in [4.69, 9.17) is 0 Å². The van der Waals surface area contributed by atoms with Gasteiger partial charge in [0.05, 0.1) is 22.5 Å². The molecule has 0 saturated heterocycles. The first-order chi connectivity index (χ1) is 13.6. The Morgan fingerprint density at radius 2 is 1.61 bits per heavy atom.